The molecule has 43 heavy (non-hydrogen) atoms. The summed E-state index contributed by atoms with van der Waals surface area (Å²) in [5, 5.41) is 13.8. The second-order valence-corrected chi connectivity index (χ2v) is 15.6. The van der Waals surface area contributed by atoms with Crippen LogP contribution in [0.4, 0.5) is 0 Å². The van der Waals surface area contributed by atoms with Crippen LogP contribution in [0.5, 0.6) is 0 Å². The van der Waals surface area contributed by atoms with Crippen molar-refractivity contribution in [2.75, 3.05) is 32.5 Å². The molecule has 1 aromatic rings. The predicted octanol–water partition coefficient (Wildman–Crippen LogP) is 3.50. The van der Waals surface area contributed by atoms with E-state index in [4.69, 9.17) is 26.1 Å². The van der Waals surface area contributed by atoms with E-state index in [1.54, 1.807) is 4.57 Å². The molecule has 0 radical (unpaired) electrons. The maximum atomic E-state index is 13.7. The van der Waals surface area contributed by atoms with E-state index in [0.29, 0.717) is 31.2 Å². The Morgan fingerprint density at radius 3 is 2.70 bits per heavy atom. The number of aryl methyl sites for hydroxylation is 2. The highest BCUT2D eigenvalue weighted by Crippen LogP contribution is 2.48. The molecule has 3 saturated heterocycles. The fourth-order valence-electron chi connectivity index (χ4n) is 8.48. The smallest absolute Gasteiger partial charge is 0.308 e. The van der Waals surface area contributed by atoms with Crippen LogP contribution in [0.1, 0.15) is 69.0 Å². The summed E-state index contributed by atoms with van der Waals surface area (Å²) in [6.07, 6.45) is 8.59. The number of ether oxygens (including phenoxy) is 2. The van der Waals surface area contributed by atoms with E-state index in [-0.39, 0.29) is 58.4 Å². The average Bonchev–Trinajstić information content (AvgIpc) is 3.41. The number of nitrogens with one attached hydrogen (secondary N) is 1. The number of halogens is 1. The van der Waals surface area contributed by atoms with E-state index in [2.05, 4.69) is 24.2 Å². The first-order chi connectivity index (χ1) is 20.7. The monoisotopic (exact) mass is 636 g/mol. The van der Waals surface area contributed by atoms with Gasteiger partial charge in [-0.25, -0.2) is 4.98 Å². The third-order valence-corrected chi connectivity index (χ3v) is 12.8. The molecule has 5 aliphatic rings. The molecule has 1 aromatic heterocycles. The summed E-state index contributed by atoms with van der Waals surface area (Å²) in [5.74, 6) is 0.992. The van der Waals surface area contributed by atoms with Crippen molar-refractivity contribution in [3.63, 3.8) is 0 Å². The number of thioether (sulfide) groups is 1. The highest BCUT2D eigenvalue weighted by atomic mass is 35.5. The third-order valence-electron chi connectivity index (χ3n) is 10.8. The number of carboxylic acid groups (broad SMARTS) is 1. The highest BCUT2D eigenvalue weighted by Gasteiger charge is 2.51. The zero-order chi connectivity index (χ0) is 30.2. The lowest BCUT2D eigenvalue weighted by atomic mass is 9.70. The van der Waals surface area contributed by atoms with Crippen LogP contribution in [0, 0.1) is 24.7 Å². The molecule has 0 bridgehead atoms. The first-order valence-corrected chi connectivity index (χ1v) is 18.0. The van der Waals surface area contributed by atoms with Gasteiger partial charge in [-0.05, 0) is 84.1 Å². The SMILES string of the molecule is Cc1nc2c(c(=O)n1CCOC1CCC(Cl)CC1C1CC(C)NC3C(C(=O)O)CSC13)CC(OC1CCN(C)CC1)CC2. The molecule has 2 N–H and O–H groups in total. The minimum absolute atomic E-state index is 0.0114. The molecule has 9 atom stereocenters. The van der Waals surface area contributed by atoms with Crippen LogP contribution in [0.2, 0.25) is 0 Å². The number of nitrogens with zero attached hydrogens (tertiary/aromatic N) is 3. The fraction of sp³-hybridized carbons (Fsp3) is 0.844. The molecule has 1 saturated carbocycles. The zero-order valence-electron chi connectivity index (χ0n) is 25.9. The number of fused-ring (bicyclic) bond motifs is 2. The summed E-state index contributed by atoms with van der Waals surface area (Å²) in [4.78, 5) is 32.9. The van der Waals surface area contributed by atoms with Gasteiger partial charge in [-0.3, -0.25) is 14.2 Å². The quantitative estimate of drug-likeness (QED) is 0.415. The first-order valence-electron chi connectivity index (χ1n) is 16.5. The summed E-state index contributed by atoms with van der Waals surface area (Å²) >= 11 is 8.55. The van der Waals surface area contributed by atoms with E-state index < -0.39 is 5.97 Å². The van der Waals surface area contributed by atoms with Crippen molar-refractivity contribution in [1.29, 1.82) is 0 Å². The minimum atomic E-state index is -0.703. The average molecular weight is 637 g/mol. The lowest BCUT2D eigenvalue weighted by molar-refractivity contribution is -0.142. The van der Waals surface area contributed by atoms with Gasteiger partial charge in [0, 0.05) is 53.5 Å². The van der Waals surface area contributed by atoms with Gasteiger partial charge < -0.3 is 24.8 Å². The van der Waals surface area contributed by atoms with Crippen LogP contribution in [0.3, 0.4) is 0 Å². The van der Waals surface area contributed by atoms with Gasteiger partial charge in [0.2, 0.25) is 0 Å². The van der Waals surface area contributed by atoms with Crippen LogP contribution in [0.25, 0.3) is 0 Å². The number of aliphatic carboxylic acids is 1. The van der Waals surface area contributed by atoms with E-state index in [9.17, 15) is 14.7 Å². The van der Waals surface area contributed by atoms with Crippen LogP contribution >= 0.6 is 23.4 Å². The number of likely N-dealkylation sites (tertiary alicyclic amines) is 1. The second-order valence-electron chi connectivity index (χ2n) is 13.8. The maximum Gasteiger partial charge on any atom is 0.308 e. The van der Waals surface area contributed by atoms with Crippen molar-refractivity contribution in [3.05, 3.63) is 27.4 Å². The summed E-state index contributed by atoms with van der Waals surface area (Å²) < 4.78 is 14.9. The number of rotatable bonds is 8. The molecule has 2 aliphatic carbocycles. The molecule has 4 heterocycles. The molecule has 0 aromatic carbocycles. The van der Waals surface area contributed by atoms with Gasteiger partial charge in [0.05, 0.1) is 43.1 Å². The van der Waals surface area contributed by atoms with Crippen LogP contribution < -0.4 is 10.9 Å². The second kappa shape index (κ2) is 13.7. The van der Waals surface area contributed by atoms with Crippen molar-refractivity contribution in [2.45, 2.75) is 119 Å². The molecular weight excluding hydrogens is 588 g/mol. The normalized spacial score (nSPS) is 37.2. The zero-order valence-corrected chi connectivity index (χ0v) is 27.5. The number of piperidine rings is 2. The largest absolute Gasteiger partial charge is 0.481 e. The Bertz CT molecular complexity index is 1210. The molecule has 3 aliphatic heterocycles. The van der Waals surface area contributed by atoms with Gasteiger partial charge in [0.25, 0.3) is 5.56 Å². The van der Waals surface area contributed by atoms with E-state index in [0.717, 1.165) is 81.5 Å². The maximum absolute atomic E-state index is 13.7. The summed E-state index contributed by atoms with van der Waals surface area (Å²) in [5.41, 5.74) is 1.81. The molecule has 9 nitrogen and oxygen atoms in total. The Morgan fingerprint density at radius 1 is 1.14 bits per heavy atom. The van der Waals surface area contributed by atoms with Crippen LogP contribution in [-0.2, 0) is 33.7 Å². The number of carbonyl (C=O) groups is 1. The number of hydrogen-bond acceptors (Lipinski definition) is 8. The number of carboxylic acids is 1. The minimum Gasteiger partial charge on any atom is -0.481 e. The molecule has 0 spiro atoms. The lowest BCUT2D eigenvalue weighted by Crippen LogP contribution is -2.57. The lowest BCUT2D eigenvalue weighted by Gasteiger charge is -2.47. The van der Waals surface area contributed by atoms with Crippen molar-refractivity contribution < 1.29 is 19.4 Å². The van der Waals surface area contributed by atoms with Crippen molar-refractivity contribution >= 4 is 29.3 Å². The van der Waals surface area contributed by atoms with E-state index in [1.165, 1.54) is 0 Å². The van der Waals surface area contributed by atoms with Crippen LogP contribution in [-0.4, -0.2) is 99.0 Å². The van der Waals surface area contributed by atoms with Gasteiger partial charge in [0.15, 0.2) is 0 Å². The molecule has 6 rings (SSSR count). The number of alkyl halides is 1. The molecular formula is C32H49ClN4O5S. The number of hydrogen-bond donors (Lipinski definition) is 2. The van der Waals surface area contributed by atoms with Gasteiger partial charge in [-0.2, -0.15) is 11.8 Å². The topological polar surface area (TPSA) is 106 Å². The van der Waals surface area contributed by atoms with E-state index >= 15 is 0 Å². The summed E-state index contributed by atoms with van der Waals surface area (Å²) in [7, 11) is 2.16. The Labute approximate surface area is 264 Å². The predicted molar refractivity (Wildman–Crippen MR) is 169 cm³/mol. The van der Waals surface area contributed by atoms with Gasteiger partial charge in [-0.15, -0.1) is 11.6 Å². The van der Waals surface area contributed by atoms with Gasteiger partial charge >= 0.3 is 5.97 Å². The molecule has 4 fully saturated rings. The standard InChI is InChI=1S/C32H49ClN4O5S/c1-18-14-24(30-29(34-18)26(17-43-30)32(39)40)23-15-20(33)4-7-28(23)41-13-12-37-19(2)35-27-6-5-22(16-25(27)31(37)38)42-21-8-10-36(3)11-9-21/h18,20-24,26,28-30,34H,4-17H2,1-3H3,(H,39,40). The Kier molecular flexibility index (Phi) is 10.1. The Morgan fingerprint density at radius 2 is 1.93 bits per heavy atom. The van der Waals surface area contributed by atoms with Crippen LogP contribution in [0.15, 0.2) is 4.79 Å². The van der Waals surface area contributed by atoms with Gasteiger partial charge in [-0.1, -0.05) is 0 Å². The third kappa shape index (κ3) is 6.99. The fourth-order valence-corrected chi connectivity index (χ4v) is 10.6. The van der Waals surface area contributed by atoms with Crippen molar-refractivity contribution in [2.24, 2.45) is 17.8 Å². The van der Waals surface area contributed by atoms with Gasteiger partial charge in [0.1, 0.15) is 5.82 Å². The molecule has 9 unspecified atom stereocenters. The molecule has 11 heteroatoms. The molecule has 240 valence electrons. The number of aromatic nitrogens is 2. The van der Waals surface area contributed by atoms with Crippen molar-refractivity contribution in [3.8, 4) is 0 Å². The Hall–Kier alpha value is -1.17. The highest BCUT2D eigenvalue weighted by molar-refractivity contribution is 8.00. The van der Waals surface area contributed by atoms with E-state index in [1.807, 2.05) is 18.7 Å². The first kappa shape index (κ1) is 31.8. The van der Waals surface area contributed by atoms with Crippen molar-refractivity contribution in [1.82, 2.24) is 19.8 Å². The summed E-state index contributed by atoms with van der Waals surface area (Å²) in [6, 6.07) is 0.251. The Balaban J connectivity index is 1.11. The molecule has 0 amide bonds. The summed E-state index contributed by atoms with van der Waals surface area (Å²) in [6.45, 7) is 7.15.